The number of methoxy groups -OCH3 is 1. The molecule has 2 aromatic rings. The van der Waals surface area contributed by atoms with Crippen LogP contribution in [0, 0.1) is 0 Å². The average Bonchev–Trinajstić information content (AvgIpc) is 3.24. The molecule has 0 aromatic heterocycles. The first-order valence-electron chi connectivity index (χ1n) is 10.3. The summed E-state index contributed by atoms with van der Waals surface area (Å²) in [4.78, 5) is 25.2. The second-order valence-electron chi connectivity index (χ2n) is 7.33. The molecule has 0 heterocycles. The van der Waals surface area contributed by atoms with E-state index in [-0.39, 0.29) is 30.4 Å². The quantitative estimate of drug-likeness (QED) is 0.305. The third kappa shape index (κ3) is 7.40. The number of hydrogen-bond acceptors (Lipinski definition) is 6. The summed E-state index contributed by atoms with van der Waals surface area (Å²) in [5, 5.41) is 2.32. The van der Waals surface area contributed by atoms with Gasteiger partial charge in [0.2, 0.25) is 0 Å². The zero-order valence-corrected chi connectivity index (χ0v) is 18.8. The van der Waals surface area contributed by atoms with Crippen molar-refractivity contribution in [2.24, 2.45) is 0 Å². The molecule has 0 saturated carbocycles. The number of amides is 1. The van der Waals surface area contributed by atoms with Crippen LogP contribution in [0.25, 0.3) is 0 Å². The molecule has 1 aliphatic carbocycles. The monoisotopic (exact) mass is 483 g/mol. The number of thioether (sulfide) groups is 1. The lowest BCUT2D eigenvalue weighted by molar-refractivity contribution is -0.144. The maximum Gasteiger partial charge on any atom is 0.416 e. The molecule has 0 unspecified atom stereocenters. The molecule has 1 aliphatic rings. The van der Waals surface area contributed by atoms with Crippen molar-refractivity contribution in [3.63, 3.8) is 0 Å². The third-order valence-corrected chi connectivity index (χ3v) is 5.88. The number of rotatable bonds is 10. The summed E-state index contributed by atoms with van der Waals surface area (Å²) in [6, 6.07) is 8.82. The molecule has 3 rings (SSSR count). The molecule has 10 heteroatoms. The molecule has 1 amide bonds. The molecule has 6 nitrogen and oxygen atoms in total. The molecule has 0 fully saturated rings. The highest BCUT2D eigenvalue weighted by atomic mass is 32.2. The molecule has 178 valence electrons. The normalized spacial score (nSPS) is 12.8. The zero-order valence-electron chi connectivity index (χ0n) is 18.0. The Kier molecular flexibility index (Phi) is 8.62. The van der Waals surface area contributed by atoms with Gasteiger partial charge >= 0.3 is 12.1 Å². The predicted octanol–water partition coefficient (Wildman–Crippen LogP) is 4.49. The van der Waals surface area contributed by atoms with Crippen molar-refractivity contribution >= 4 is 29.3 Å². The van der Waals surface area contributed by atoms with Gasteiger partial charge in [0.1, 0.15) is 12.4 Å². The summed E-state index contributed by atoms with van der Waals surface area (Å²) < 4.78 is 54.3. The highest BCUT2D eigenvalue weighted by Crippen LogP contribution is 2.35. The molecule has 0 spiro atoms. The van der Waals surface area contributed by atoms with E-state index < -0.39 is 30.2 Å². The number of benzene rings is 2. The smallest absolute Gasteiger partial charge is 0.416 e. The standard InChI is InChI=1S/C23H24F3NO5S/c1-30-9-10-31-20-8-6-17(23(24,25)26)12-19(20)27-21(28)13-32-22(29)14-33-18-7-5-15-3-2-4-16(15)11-18/h5-8,11-12H,2-4,9-10,13-14H2,1H3,(H,27,28). The number of ether oxygens (including phenoxy) is 3. The van der Waals surface area contributed by atoms with Gasteiger partial charge in [0.15, 0.2) is 6.61 Å². The fourth-order valence-electron chi connectivity index (χ4n) is 3.32. The first kappa shape index (κ1) is 24.9. The maximum absolute atomic E-state index is 13.1. The van der Waals surface area contributed by atoms with Crippen molar-refractivity contribution in [3.05, 3.63) is 53.1 Å². The largest absolute Gasteiger partial charge is 0.489 e. The summed E-state index contributed by atoms with van der Waals surface area (Å²) >= 11 is 1.31. The second kappa shape index (κ2) is 11.4. The molecule has 0 radical (unpaired) electrons. The van der Waals surface area contributed by atoms with Gasteiger partial charge in [-0.2, -0.15) is 13.2 Å². The molecule has 0 saturated heterocycles. The number of aryl methyl sites for hydroxylation is 2. The summed E-state index contributed by atoms with van der Waals surface area (Å²) in [5.41, 5.74) is 1.50. The molecular weight excluding hydrogens is 459 g/mol. The average molecular weight is 484 g/mol. The number of nitrogens with one attached hydrogen (secondary N) is 1. The number of esters is 1. The van der Waals surface area contributed by atoms with E-state index in [4.69, 9.17) is 14.2 Å². The number of halogens is 3. The Hall–Kier alpha value is -2.72. The van der Waals surface area contributed by atoms with Crippen LogP contribution in [0.1, 0.15) is 23.1 Å². The van der Waals surface area contributed by atoms with Gasteiger partial charge < -0.3 is 19.5 Å². The van der Waals surface area contributed by atoms with Crippen LogP contribution in [0.5, 0.6) is 5.75 Å². The minimum absolute atomic E-state index is 0.0149. The molecule has 0 aliphatic heterocycles. The van der Waals surface area contributed by atoms with Gasteiger partial charge in [-0.25, -0.2) is 0 Å². The van der Waals surface area contributed by atoms with Crippen LogP contribution in [0.15, 0.2) is 41.3 Å². The van der Waals surface area contributed by atoms with Crippen molar-refractivity contribution < 1.29 is 37.0 Å². The SMILES string of the molecule is COCCOc1ccc(C(F)(F)F)cc1NC(=O)COC(=O)CSc1ccc2c(c1)CCC2. The minimum atomic E-state index is -4.59. The second-order valence-corrected chi connectivity index (χ2v) is 8.38. The Labute approximate surface area is 193 Å². The molecular formula is C23H24F3NO5S. The fraction of sp³-hybridized carbons (Fsp3) is 0.391. The predicted molar refractivity (Wildman–Crippen MR) is 118 cm³/mol. The molecule has 33 heavy (non-hydrogen) atoms. The van der Waals surface area contributed by atoms with Gasteiger partial charge in [-0.05, 0) is 60.7 Å². The lowest BCUT2D eigenvalue weighted by Crippen LogP contribution is -2.22. The van der Waals surface area contributed by atoms with Crippen LogP contribution in [-0.2, 0) is 38.1 Å². The summed E-state index contributed by atoms with van der Waals surface area (Å²) in [5.74, 6) is -1.31. The summed E-state index contributed by atoms with van der Waals surface area (Å²) in [6.45, 7) is -0.328. The Morgan fingerprint density at radius 3 is 2.61 bits per heavy atom. The number of hydrogen-bond donors (Lipinski definition) is 1. The van der Waals surface area contributed by atoms with Crippen molar-refractivity contribution in [2.75, 3.05) is 38.0 Å². The van der Waals surface area contributed by atoms with Gasteiger partial charge in [-0.1, -0.05) is 6.07 Å². The Morgan fingerprint density at radius 1 is 1.06 bits per heavy atom. The Morgan fingerprint density at radius 2 is 1.85 bits per heavy atom. The van der Waals surface area contributed by atoms with Crippen LogP contribution in [0.3, 0.4) is 0 Å². The topological polar surface area (TPSA) is 73.9 Å². The molecule has 0 bridgehead atoms. The molecule has 2 aromatic carbocycles. The molecule has 1 N–H and O–H groups in total. The van der Waals surface area contributed by atoms with E-state index in [1.54, 1.807) is 0 Å². The van der Waals surface area contributed by atoms with Crippen molar-refractivity contribution in [2.45, 2.75) is 30.3 Å². The maximum atomic E-state index is 13.1. The van der Waals surface area contributed by atoms with Gasteiger partial charge in [-0.15, -0.1) is 11.8 Å². The number of fused-ring (bicyclic) bond motifs is 1. The van der Waals surface area contributed by atoms with Gasteiger partial charge in [-0.3, -0.25) is 9.59 Å². The number of carbonyl (C=O) groups is 2. The van der Waals surface area contributed by atoms with E-state index in [1.807, 2.05) is 6.07 Å². The van der Waals surface area contributed by atoms with Crippen LogP contribution < -0.4 is 10.1 Å². The van der Waals surface area contributed by atoms with Crippen LogP contribution in [0.2, 0.25) is 0 Å². The fourth-order valence-corrected chi connectivity index (χ4v) is 4.08. The number of alkyl halides is 3. The minimum Gasteiger partial charge on any atom is -0.489 e. The van der Waals surface area contributed by atoms with Crippen LogP contribution >= 0.6 is 11.8 Å². The highest BCUT2D eigenvalue weighted by Gasteiger charge is 2.31. The lowest BCUT2D eigenvalue weighted by atomic mass is 10.1. The third-order valence-electron chi connectivity index (χ3n) is 4.92. The van der Waals surface area contributed by atoms with Crippen molar-refractivity contribution in [1.82, 2.24) is 0 Å². The first-order chi connectivity index (χ1) is 15.8. The number of anilines is 1. The highest BCUT2D eigenvalue weighted by molar-refractivity contribution is 8.00. The van der Waals surface area contributed by atoms with E-state index >= 15 is 0 Å². The van der Waals surface area contributed by atoms with Crippen LogP contribution in [0.4, 0.5) is 18.9 Å². The van der Waals surface area contributed by atoms with E-state index in [0.29, 0.717) is 0 Å². The van der Waals surface area contributed by atoms with Crippen LogP contribution in [-0.4, -0.2) is 44.6 Å². The van der Waals surface area contributed by atoms with E-state index in [0.717, 1.165) is 42.4 Å². The summed E-state index contributed by atoms with van der Waals surface area (Å²) in [6.07, 6.45) is -1.36. The van der Waals surface area contributed by atoms with E-state index in [2.05, 4.69) is 17.4 Å². The number of carbonyl (C=O) groups excluding carboxylic acids is 2. The van der Waals surface area contributed by atoms with Gasteiger partial charge in [0.25, 0.3) is 5.91 Å². The zero-order chi connectivity index (χ0) is 23.8. The van der Waals surface area contributed by atoms with E-state index in [9.17, 15) is 22.8 Å². The van der Waals surface area contributed by atoms with Gasteiger partial charge in [0, 0.05) is 12.0 Å². The van der Waals surface area contributed by atoms with Crippen molar-refractivity contribution in [1.29, 1.82) is 0 Å². The summed E-state index contributed by atoms with van der Waals surface area (Å²) in [7, 11) is 1.45. The Balaban J connectivity index is 1.52. The van der Waals surface area contributed by atoms with E-state index in [1.165, 1.54) is 30.0 Å². The lowest BCUT2D eigenvalue weighted by Gasteiger charge is -2.15. The van der Waals surface area contributed by atoms with Gasteiger partial charge in [0.05, 0.1) is 23.6 Å². The first-order valence-corrected chi connectivity index (χ1v) is 11.3. The van der Waals surface area contributed by atoms with Crippen molar-refractivity contribution in [3.8, 4) is 5.75 Å². The molecule has 0 atom stereocenters. The Bertz CT molecular complexity index is 997.